The number of hydrogen-bond donors (Lipinski definition) is 0. The average Bonchev–Trinajstić information content (AvgIpc) is 2.28. The summed E-state index contributed by atoms with van der Waals surface area (Å²) in [6.45, 7) is 10.2. The van der Waals surface area contributed by atoms with Gasteiger partial charge in [-0.05, 0) is 41.5 Å². The molecule has 0 unspecified atom stereocenters. The third-order valence-electron chi connectivity index (χ3n) is 2.83. The number of alkyl halides is 1. The molecule has 0 aliphatic carbocycles. The first-order valence-corrected chi connectivity index (χ1v) is 7.56. The van der Waals surface area contributed by atoms with Crippen molar-refractivity contribution >= 4 is 29.4 Å². The van der Waals surface area contributed by atoms with Crippen LogP contribution in [0.15, 0.2) is 0 Å². The van der Waals surface area contributed by atoms with Gasteiger partial charge in [-0.2, -0.15) is 0 Å². The summed E-state index contributed by atoms with van der Waals surface area (Å²) in [7, 11) is 0. The van der Waals surface area contributed by atoms with Gasteiger partial charge in [0.2, 0.25) is 4.87 Å². The van der Waals surface area contributed by atoms with Crippen molar-refractivity contribution in [2.75, 3.05) is 13.1 Å². The number of carbonyl (C=O) groups is 3. The number of piperidine rings is 1. The number of halogens is 1. The lowest BCUT2D eigenvalue weighted by Crippen LogP contribution is -2.58. The second-order valence-electron chi connectivity index (χ2n) is 7.38. The lowest BCUT2D eigenvalue weighted by atomic mass is 9.95. The molecule has 0 saturated carbocycles. The zero-order valence-corrected chi connectivity index (χ0v) is 14.7. The molecule has 0 aromatic rings. The average molecular weight is 334 g/mol. The first kappa shape index (κ1) is 18.7. The van der Waals surface area contributed by atoms with E-state index in [1.165, 1.54) is 4.90 Å². The highest BCUT2D eigenvalue weighted by Gasteiger charge is 2.51. The van der Waals surface area contributed by atoms with E-state index in [2.05, 4.69) is 0 Å². The Kier molecular flexibility index (Phi) is 5.17. The standard InChI is InChI=1S/C15H24ClNO5/c1-13(2,3)21-11(19)15(16)9-17(8-7-10(15)18)12(20)22-14(4,5)6/h7-9H2,1-6H3/t15-/m0/s1. The van der Waals surface area contributed by atoms with Crippen LogP contribution in [-0.2, 0) is 19.1 Å². The first-order valence-electron chi connectivity index (χ1n) is 7.18. The summed E-state index contributed by atoms with van der Waals surface area (Å²) in [5, 5.41) is 0. The summed E-state index contributed by atoms with van der Waals surface area (Å²) in [6, 6.07) is 0. The Bertz CT molecular complexity index is 477. The summed E-state index contributed by atoms with van der Waals surface area (Å²) < 4.78 is 10.5. The van der Waals surface area contributed by atoms with E-state index < -0.39 is 33.9 Å². The molecule has 1 rings (SSSR count). The highest BCUT2D eigenvalue weighted by molar-refractivity contribution is 6.46. The van der Waals surface area contributed by atoms with E-state index in [0.717, 1.165) is 0 Å². The van der Waals surface area contributed by atoms with E-state index in [9.17, 15) is 14.4 Å². The van der Waals surface area contributed by atoms with Crippen LogP contribution >= 0.6 is 11.6 Å². The molecule has 6 nitrogen and oxygen atoms in total. The van der Waals surface area contributed by atoms with Gasteiger partial charge in [0.05, 0.1) is 6.54 Å². The van der Waals surface area contributed by atoms with Crippen molar-refractivity contribution in [1.82, 2.24) is 4.90 Å². The van der Waals surface area contributed by atoms with Crippen molar-refractivity contribution in [2.45, 2.75) is 64.0 Å². The third kappa shape index (κ3) is 4.87. The number of Topliss-reactive ketones (excluding diaryl/α,β-unsaturated/α-hetero) is 1. The van der Waals surface area contributed by atoms with Crippen molar-refractivity contribution in [3.05, 3.63) is 0 Å². The van der Waals surface area contributed by atoms with Gasteiger partial charge >= 0.3 is 12.1 Å². The number of esters is 1. The number of ether oxygens (including phenoxy) is 2. The van der Waals surface area contributed by atoms with Crippen LogP contribution in [0.5, 0.6) is 0 Å². The van der Waals surface area contributed by atoms with Crippen LogP contribution in [0.1, 0.15) is 48.0 Å². The Balaban J connectivity index is 2.89. The molecular formula is C15H24ClNO5. The van der Waals surface area contributed by atoms with E-state index in [1.54, 1.807) is 41.5 Å². The maximum absolute atomic E-state index is 12.2. The monoisotopic (exact) mass is 333 g/mol. The lowest BCUT2D eigenvalue weighted by Gasteiger charge is -2.37. The second kappa shape index (κ2) is 6.07. The molecule has 1 atom stereocenters. The van der Waals surface area contributed by atoms with Gasteiger partial charge in [0.15, 0.2) is 5.78 Å². The third-order valence-corrected chi connectivity index (χ3v) is 3.32. The highest BCUT2D eigenvalue weighted by atomic mass is 35.5. The zero-order valence-electron chi connectivity index (χ0n) is 14.0. The van der Waals surface area contributed by atoms with Crippen LogP contribution in [0.4, 0.5) is 4.79 Å². The Morgan fingerprint density at radius 1 is 1.09 bits per heavy atom. The molecule has 22 heavy (non-hydrogen) atoms. The predicted octanol–water partition coefficient (Wildman–Crippen LogP) is 2.52. The molecule has 1 heterocycles. The molecule has 1 amide bonds. The summed E-state index contributed by atoms with van der Waals surface area (Å²) in [5.74, 6) is -1.27. The first-order chi connectivity index (χ1) is 9.74. The van der Waals surface area contributed by atoms with Gasteiger partial charge in [0.25, 0.3) is 0 Å². The van der Waals surface area contributed by atoms with Gasteiger partial charge in [-0.3, -0.25) is 4.79 Å². The normalized spacial score (nSPS) is 23.2. The van der Waals surface area contributed by atoms with E-state index >= 15 is 0 Å². The van der Waals surface area contributed by atoms with E-state index in [0.29, 0.717) is 0 Å². The molecular weight excluding hydrogens is 310 g/mol. The largest absolute Gasteiger partial charge is 0.458 e. The molecule has 126 valence electrons. The minimum atomic E-state index is -1.87. The molecule has 0 aromatic heterocycles. The zero-order chi connectivity index (χ0) is 17.3. The van der Waals surface area contributed by atoms with E-state index in [4.69, 9.17) is 21.1 Å². The highest BCUT2D eigenvalue weighted by Crippen LogP contribution is 2.29. The topological polar surface area (TPSA) is 72.9 Å². The molecule has 1 aliphatic rings. The van der Waals surface area contributed by atoms with Crippen LogP contribution in [0.25, 0.3) is 0 Å². The second-order valence-corrected chi connectivity index (χ2v) is 8.02. The molecule has 0 spiro atoms. The van der Waals surface area contributed by atoms with Gasteiger partial charge in [-0.1, -0.05) is 11.6 Å². The molecule has 1 fully saturated rings. The van der Waals surface area contributed by atoms with Gasteiger partial charge in [0, 0.05) is 13.0 Å². The summed E-state index contributed by atoms with van der Waals surface area (Å²) in [5.41, 5.74) is -1.44. The molecule has 1 saturated heterocycles. The van der Waals surface area contributed by atoms with Gasteiger partial charge in [0.1, 0.15) is 11.2 Å². The fraction of sp³-hybridized carbons (Fsp3) is 0.800. The molecule has 1 aliphatic heterocycles. The van der Waals surface area contributed by atoms with Gasteiger partial charge in [-0.15, -0.1) is 0 Å². The predicted molar refractivity (Wildman–Crippen MR) is 81.9 cm³/mol. The molecule has 7 heteroatoms. The Morgan fingerprint density at radius 3 is 2.05 bits per heavy atom. The number of rotatable bonds is 1. The number of carbonyl (C=O) groups excluding carboxylic acids is 3. The van der Waals surface area contributed by atoms with Gasteiger partial charge < -0.3 is 14.4 Å². The van der Waals surface area contributed by atoms with E-state index in [-0.39, 0.29) is 19.5 Å². The number of hydrogen-bond acceptors (Lipinski definition) is 5. The summed E-state index contributed by atoms with van der Waals surface area (Å²) >= 11 is 6.22. The summed E-state index contributed by atoms with van der Waals surface area (Å²) in [6.07, 6.45) is -0.615. The Hall–Kier alpha value is -1.30. The van der Waals surface area contributed by atoms with Crippen LogP contribution in [0, 0.1) is 0 Å². The minimum absolute atomic E-state index is 0.0119. The molecule has 0 bridgehead atoms. The number of likely N-dealkylation sites (tertiary alicyclic amines) is 1. The Morgan fingerprint density at radius 2 is 1.59 bits per heavy atom. The number of ketones is 1. The Labute approximate surface area is 136 Å². The fourth-order valence-corrected chi connectivity index (χ4v) is 2.16. The van der Waals surface area contributed by atoms with Gasteiger partial charge in [-0.25, -0.2) is 9.59 Å². The molecule has 0 radical (unpaired) electrons. The SMILES string of the molecule is CC(C)(C)OC(=O)N1CCC(=O)[C@](Cl)(C(=O)OC(C)(C)C)C1. The maximum Gasteiger partial charge on any atom is 0.410 e. The van der Waals surface area contributed by atoms with Crippen molar-refractivity contribution in [3.8, 4) is 0 Å². The van der Waals surface area contributed by atoms with Crippen molar-refractivity contribution in [3.63, 3.8) is 0 Å². The van der Waals surface area contributed by atoms with Crippen LogP contribution < -0.4 is 0 Å². The quantitative estimate of drug-likeness (QED) is 0.419. The fourth-order valence-electron chi connectivity index (χ4n) is 1.88. The van der Waals surface area contributed by atoms with Crippen molar-refractivity contribution in [2.24, 2.45) is 0 Å². The lowest BCUT2D eigenvalue weighted by molar-refractivity contribution is -0.161. The summed E-state index contributed by atoms with van der Waals surface area (Å²) in [4.78, 5) is 35.8. The minimum Gasteiger partial charge on any atom is -0.458 e. The van der Waals surface area contributed by atoms with E-state index in [1.807, 2.05) is 0 Å². The van der Waals surface area contributed by atoms with Crippen LogP contribution in [-0.4, -0.2) is 51.9 Å². The number of nitrogens with zero attached hydrogens (tertiary/aromatic N) is 1. The van der Waals surface area contributed by atoms with Crippen LogP contribution in [0.2, 0.25) is 0 Å². The maximum atomic E-state index is 12.2. The van der Waals surface area contributed by atoms with Crippen molar-refractivity contribution in [1.29, 1.82) is 0 Å². The molecule has 0 aromatic carbocycles. The smallest absolute Gasteiger partial charge is 0.410 e. The molecule has 0 N–H and O–H groups in total. The van der Waals surface area contributed by atoms with Crippen LogP contribution in [0.3, 0.4) is 0 Å². The van der Waals surface area contributed by atoms with Crippen molar-refractivity contribution < 1.29 is 23.9 Å². The number of amides is 1.